The van der Waals surface area contributed by atoms with Gasteiger partial charge in [0.15, 0.2) is 0 Å². The number of hydrogen-bond acceptors (Lipinski definition) is 4. The predicted molar refractivity (Wildman–Crippen MR) is 103 cm³/mol. The molecule has 0 aromatic heterocycles. The van der Waals surface area contributed by atoms with Crippen molar-refractivity contribution >= 4 is 34.8 Å². The van der Waals surface area contributed by atoms with Crippen LogP contribution in [-0.4, -0.2) is 43.3 Å². The molecule has 0 saturated carbocycles. The number of amides is 1. The van der Waals surface area contributed by atoms with Crippen LogP contribution in [0.4, 0.5) is 5.69 Å². The minimum Gasteiger partial charge on any atom is -0.369 e. The lowest BCUT2D eigenvalue weighted by Crippen LogP contribution is -2.34. The monoisotopic (exact) mass is 386 g/mol. The maximum absolute atomic E-state index is 11.7. The summed E-state index contributed by atoms with van der Waals surface area (Å²) >= 11 is 11.6. The Morgan fingerprint density at radius 2 is 1.84 bits per heavy atom. The van der Waals surface area contributed by atoms with Crippen LogP contribution < -0.4 is 16.4 Å². The van der Waals surface area contributed by atoms with Crippen molar-refractivity contribution in [1.82, 2.24) is 0 Å². The number of benzene rings is 1. The molecule has 7 nitrogen and oxygen atoms in total. The molecular weight excluding hydrogens is 363 g/mol. The van der Waals surface area contributed by atoms with E-state index in [0.717, 1.165) is 11.3 Å². The highest BCUT2D eigenvalue weighted by molar-refractivity contribution is 6.18. The van der Waals surface area contributed by atoms with Crippen LogP contribution in [-0.2, 0) is 11.2 Å². The molecule has 4 N–H and O–H groups in total. The minimum absolute atomic E-state index is 0.144. The van der Waals surface area contributed by atoms with Crippen molar-refractivity contribution in [2.75, 3.05) is 36.3 Å². The SMILES string of the molecule is [N-]=[N+]=NC[C@@H](N)C[C@H](Cc1ccc(N(CCCl)CCCl)cc1)C(N)=O. The molecule has 0 aliphatic heterocycles. The molecular formula is C16H24Cl2N6O. The smallest absolute Gasteiger partial charge is 0.220 e. The van der Waals surface area contributed by atoms with Gasteiger partial charge in [0.1, 0.15) is 0 Å². The van der Waals surface area contributed by atoms with E-state index in [2.05, 4.69) is 14.9 Å². The van der Waals surface area contributed by atoms with Crippen molar-refractivity contribution in [2.45, 2.75) is 18.9 Å². The van der Waals surface area contributed by atoms with E-state index in [1.807, 2.05) is 24.3 Å². The molecule has 138 valence electrons. The maximum atomic E-state index is 11.7. The third-order valence-electron chi connectivity index (χ3n) is 3.86. The second-order valence-electron chi connectivity index (χ2n) is 5.74. The molecule has 0 spiro atoms. The van der Waals surface area contributed by atoms with Crippen LogP contribution in [0.25, 0.3) is 10.4 Å². The Balaban J connectivity index is 2.75. The van der Waals surface area contributed by atoms with Crippen LogP contribution in [0.3, 0.4) is 0 Å². The van der Waals surface area contributed by atoms with E-state index in [0.29, 0.717) is 37.7 Å². The first-order valence-electron chi connectivity index (χ1n) is 8.03. The molecule has 0 heterocycles. The summed E-state index contributed by atoms with van der Waals surface area (Å²) in [4.78, 5) is 16.5. The summed E-state index contributed by atoms with van der Waals surface area (Å²) < 4.78 is 0. The van der Waals surface area contributed by atoms with E-state index in [1.165, 1.54) is 0 Å². The first kappa shape index (κ1) is 21.4. The van der Waals surface area contributed by atoms with Crippen molar-refractivity contribution in [2.24, 2.45) is 22.5 Å². The van der Waals surface area contributed by atoms with Crippen LogP contribution in [0.1, 0.15) is 12.0 Å². The number of hydrogen-bond donors (Lipinski definition) is 2. The topological polar surface area (TPSA) is 121 Å². The fourth-order valence-electron chi connectivity index (χ4n) is 2.58. The highest BCUT2D eigenvalue weighted by Gasteiger charge is 2.19. The van der Waals surface area contributed by atoms with E-state index in [-0.39, 0.29) is 6.54 Å². The fourth-order valence-corrected chi connectivity index (χ4v) is 2.99. The quantitative estimate of drug-likeness (QED) is 0.248. The predicted octanol–water partition coefficient (Wildman–Crippen LogP) is 2.64. The van der Waals surface area contributed by atoms with Gasteiger partial charge in [0.2, 0.25) is 5.91 Å². The number of rotatable bonds is 12. The molecule has 0 radical (unpaired) electrons. The lowest BCUT2D eigenvalue weighted by atomic mass is 9.92. The number of alkyl halides is 2. The average Bonchev–Trinajstić information content (AvgIpc) is 2.59. The van der Waals surface area contributed by atoms with Crippen LogP contribution >= 0.6 is 23.2 Å². The van der Waals surface area contributed by atoms with Gasteiger partial charge in [-0.1, -0.05) is 17.2 Å². The van der Waals surface area contributed by atoms with Crippen LogP contribution in [0.15, 0.2) is 29.4 Å². The zero-order valence-electron chi connectivity index (χ0n) is 14.0. The molecule has 9 heteroatoms. The van der Waals surface area contributed by atoms with Gasteiger partial charge in [-0.25, -0.2) is 0 Å². The number of nitrogens with zero attached hydrogens (tertiary/aromatic N) is 4. The average molecular weight is 387 g/mol. The lowest BCUT2D eigenvalue weighted by molar-refractivity contribution is -0.122. The Morgan fingerprint density at radius 3 is 2.32 bits per heavy atom. The number of azide groups is 1. The summed E-state index contributed by atoms with van der Waals surface area (Å²) in [6.07, 6.45) is 0.866. The molecule has 0 saturated heterocycles. The van der Waals surface area contributed by atoms with Gasteiger partial charge < -0.3 is 16.4 Å². The fraction of sp³-hybridized carbons (Fsp3) is 0.562. The molecule has 1 aromatic carbocycles. The minimum atomic E-state index is -0.411. The number of carbonyl (C=O) groups excluding carboxylic acids is 1. The summed E-state index contributed by atoms with van der Waals surface area (Å²) in [5, 5.41) is 3.43. The highest BCUT2D eigenvalue weighted by atomic mass is 35.5. The molecule has 0 bridgehead atoms. The third kappa shape index (κ3) is 7.84. The zero-order valence-corrected chi connectivity index (χ0v) is 15.5. The zero-order chi connectivity index (χ0) is 18.7. The van der Waals surface area contributed by atoms with Crippen molar-refractivity contribution in [3.8, 4) is 0 Å². The van der Waals surface area contributed by atoms with Crippen LogP contribution in [0.5, 0.6) is 0 Å². The Morgan fingerprint density at radius 1 is 1.24 bits per heavy atom. The second kappa shape index (κ2) is 11.8. The number of anilines is 1. The summed E-state index contributed by atoms with van der Waals surface area (Å²) in [5.74, 6) is 0.222. The van der Waals surface area contributed by atoms with E-state index in [9.17, 15) is 4.79 Å². The van der Waals surface area contributed by atoms with Gasteiger partial charge in [-0.3, -0.25) is 4.79 Å². The highest BCUT2D eigenvalue weighted by Crippen LogP contribution is 2.19. The van der Waals surface area contributed by atoms with Gasteiger partial charge in [0.05, 0.1) is 0 Å². The van der Waals surface area contributed by atoms with Gasteiger partial charge in [0.25, 0.3) is 0 Å². The van der Waals surface area contributed by atoms with Crippen molar-refractivity contribution in [3.05, 3.63) is 40.3 Å². The largest absolute Gasteiger partial charge is 0.369 e. The van der Waals surface area contributed by atoms with Crippen molar-refractivity contribution < 1.29 is 4.79 Å². The Labute approximate surface area is 157 Å². The van der Waals surface area contributed by atoms with Crippen LogP contribution in [0.2, 0.25) is 0 Å². The Bertz CT molecular complexity index is 570. The Hall–Kier alpha value is -1.66. The van der Waals surface area contributed by atoms with E-state index in [1.54, 1.807) is 0 Å². The second-order valence-corrected chi connectivity index (χ2v) is 6.50. The number of carbonyl (C=O) groups is 1. The molecule has 0 fully saturated rings. The summed E-state index contributed by atoms with van der Waals surface area (Å²) in [7, 11) is 0. The van der Waals surface area contributed by atoms with E-state index >= 15 is 0 Å². The Kier molecular flexibility index (Phi) is 10.1. The van der Waals surface area contributed by atoms with Crippen molar-refractivity contribution in [3.63, 3.8) is 0 Å². The van der Waals surface area contributed by atoms with Gasteiger partial charge in [-0.15, -0.1) is 23.2 Å². The van der Waals surface area contributed by atoms with Gasteiger partial charge in [-0.05, 0) is 36.1 Å². The van der Waals surface area contributed by atoms with Crippen LogP contribution in [0, 0.1) is 5.92 Å². The number of nitrogens with two attached hydrogens (primary N) is 2. The number of primary amides is 1. The van der Waals surface area contributed by atoms with Gasteiger partial charge in [0, 0.05) is 54.0 Å². The molecule has 1 rings (SSSR count). The van der Waals surface area contributed by atoms with E-state index in [4.69, 9.17) is 40.2 Å². The number of halogens is 2. The first-order chi connectivity index (χ1) is 12.0. The van der Waals surface area contributed by atoms with Gasteiger partial charge in [-0.2, -0.15) is 0 Å². The summed E-state index contributed by atoms with van der Waals surface area (Å²) in [6.45, 7) is 1.57. The summed E-state index contributed by atoms with van der Waals surface area (Å²) in [5.41, 5.74) is 21.7. The molecule has 25 heavy (non-hydrogen) atoms. The molecule has 0 aliphatic carbocycles. The first-order valence-corrected chi connectivity index (χ1v) is 9.10. The van der Waals surface area contributed by atoms with Gasteiger partial charge >= 0.3 is 0 Å². The maximum Gasteiger partial charge on any atom is 0.220 e. The molecule has 1 aromatic rings. The van der Waals surface area contributed by atoms with E-state index < -0.39 is 17.9 Å². The third-order valence-corrected chi connectivity index (χ3v) is 4.20. The summed E-state index contributed by atoms with van der Waals surface area (Å²) in [6, 6.07) is 7.48. The molecule has 0 aliphatic rings. The normalized spacial score (nSPS) is 12.9. The molecule has 1 amide bonds. The molecule has 2 atom stereocenters. The lowest BCUT2D eigenvalue weighted by Gasteiger charge is -2.23. The molecule has 0 unspecified atom stereocenters. The van der Waals surface area contributed by atoms with Crippen molar-refractivity contribution in [1.29, 1.82) is 0 Å². The standard InChI is InChI=1S/C16H24Cl2N6O/c17-5-7-24(8-6-18)15-3-1-12(2-4-15)9-13(16(20)25)10-14(19)11-22-23-21/h1-4,13-14H,5-11,19H2,(H2,20,25)/t13-,14-/m0/s1.